The van der Waals surface area contributed by atoms with Crippen molar-refractivity contribution in [3.05, 3.63) is 59.7 Å². The first-order chi connectivity index (χ1) is 15.9. The van der Waals surface area contributed by atoms with Crippen LogP contribution in [0.25, 0.3) is 0 Å². The fourth-order valence-corrected chi connectivity index (χ4v) is 6.99. The van der Waals surface area contributed by atoms with Crippen LogP contribution < -0.4 is 9.47 Å². The van der Waals surface area contributed by atoms with E-state index in [-0.39, 0.29) is 24.0 Å². The molecule has 2 heterocycles. The van der Waals surface area contributed by atoms with Gasteiger partial charge < -0.3 is 14.4 Å². The number of methoxy groups -OCH3 is 1. The van der Waals surface area contributed by atoms with Gasteiger partial charge in [0.05, 0.1) is 7.11 Å². The standard InChI is InChI=1S/C28H36N2O3/c1-19-13-14-23(24(15-19)32-4)33-18-27(31)30-22-17-28(2)25(11-8-12-26(28)30)29(3)21(22)16-20-9-6-5-7-10-20/h5-7,9-10,13-15,21-22,25-26H,8,11-12,16-18H2,1-4H3/t21-,22+,25-,26+,28-/m1/s1. The Bertz CT molecular complexity index is 1010. The summed E-state index contributed by atoms with van der Waals surface area (Å²) in [5, 5.41) is 0. The van der Waals surface area contributed by atoms with Gasteiger partial charge in [-0.05, 0) is 69.3 Å². The highest BCUT2D eigenvalue weighted by molar-refractivity contribution is 5.79. The normalized spacial score (nSPS) is 30.8. The van der Waals surface area contributed by atoms with Crippen LogP contribution in [-0.2, 0) is 11.2 Å². The third-order valence-corrected chi connectivity index (χ3v) is 8.52. The summed E-state index contributed by atoms with van der Waals surface area (Å²) in [6, 6.07) is 17.9. The molecule has 176 valence electrons. The summed E-state index contributed by atoms with van der Waals surface area (Å²) >= 11 is 0. The molecule has 3 aliphatic rings. The second-order valence-electron chi connectivity index (χ2n) is 10.4. The number of aryl methyl sites for hydroxylation is 1. The molecule has 33 heavy (non-hydrogen) atoms. The minimum atomic E-state index is 0.0505. The Labute approximate surface area is 197 Å². The van der Waals surface area contributed by atoms with E-state index in [1.807, 2.05) is 25.1 Å². The van der Waals surface area contributed by atoms with Crippen LogP contribution in [0.5, 0.6) is 11.5 Å². The largest absolute Gasteiger partial charge is 0.493 e. The van der Waals surface area contributed by atoms with Crippen LogP contribution >= 0.6 is 0 Å². The molecule has 2 bridgehead atoms. The van der Waals surface area contributed by atoms with Crippen LogP contribution in [0.4, 0.5) is 0 Å². The zero-order valence-corrected chi connectivity index (χ0v) is 20.3. The molecule has 5 heteroatoms. The molecule has 5 rings (SSSR count). The highest BCUT2D eigenvalue weighted by Crippen LogP contribution is 2.56. The van der Waals surface area contributed by atoms with Gasteiger partial charge in [0.2, 0.25) is 0 Å². The first kappa shape index (κ1) is 22.3. The number of piperidine rings is 1. The van der Waals surface area contributed by atoms with Crippen LogP contribution in [0, 0.1) is 12.3 Å². The second-order valence-corrected chi connectivity index (χ2v) is 10.4. The molecule has 1 saturated carbocycles. The number of fused-ring (bicyclic) bond motifs is 1. The van der Waals surface area contributed by atoms with Crippen molar-refractivity contribution in [1.29, 1.82) is 0 Å². The van der Waals surface area contributed by atoms with Gasteiger partial charge in [-0.2, -0.15) is 0 Å². The molecule has 0 radical (unpaired) electrons. The monoisotopic (exact) mass is 448 g/mol. The third-order valence-electron chi connectivity index (χ3n) is 8.52. The Morgan fingerprint density at radius 2 is 1.85 bits per heavy atom. The summed E-state index contributed by atoms with van der Waals surface area (Å²) in [6.45, 7) is 4.49. The number of likely N-dealkylation sites (N-methyl/N-ethyl adjacent to an activating group) is 1. The lowest BCUT2D eigenvalue weighted by molar-refractivity contribution is -0.137. The van der Waals surface area contributed by atoms with E-state index in [2.05, 4.69) is 54.1 Å². The van der Waals surface area contributed by atoms with E-state index >= 15 is 0 Å². The van der Waals surface area contributed by atoms with E-state index in [0.29, 0.717) is 29.6 Å². The number of likely N-dealkylation sites (tertiary alicyclic amines) is 2. The topological polar surface area (TPSA) is 42.0 Å². The maximum atomic E-state index is 13.7. The molecule has 2 aliphatic heterocycles. The average molecular weight is 449 g/mol. The summed E-state index contributed by atoms with van der Waals surface area (Å²) in [4.78, 5) is 18.5. The third kappa shape index (κ3) is 3.80. The van der Waals surface area contributed by atoms with Gasteiger partial charge >= 0.3 is 0 Å². The van der Waals surface area contributed by atoms with Crippen LogP contribution in [0.2, 0.25) is 0 Å². The summed E-state index contributed by atoms with van der Waals surface area (Å²) in [5.74, 6) is 1.41. The molecule has 0 unspecified atom stereocenters. The zero-order valence-electron chi connectivity index (χ0n) is 20.3. The quantitative estimate of drug-likeness (QED) is 0.654. The van der Waals surface area contributed by atoms with Crippen LogP contribution in [0.15, 0.2) is 48.5 Å². The van der Waals surface area contributed by atoms with Crippen LogP contribution in [0.3, 0.4) is 0 Å². The number of carbonyl (C=O) groups excluding carboxylic acids is 1. The smallest absolute Gasteiger partial charge is 0.261 e. The van der Waals surface area contributed by atoms with Crippen LogP contribution in [0.1, 0.15) is 43.7 Å². The first-order valence-corrected chi connectivity index (χ1v) is 12.3. The zero-order chi connectivity index (χ0) is 23.2. The van der Waals surface area contributed by atoms with E-state index < -0.39 is 0 Å². The van der Waals surface area contributed by atoms with E-state index in [1.54, 1.807) is 7.11 Å². The number of amides is 1. The fourth-order valence-electron chi connectivity index (χ4n) is 6.99. The van der Waals surface area contributed by atoms with E-state index in [0.717, 1.165) is 24.8 Å². The minimum absolute atomic E-state index is 0.0505. The molecular formula is C28H36N2O3. The van der Waals surface area contributed by atoms with Crippen LogP contribution in [-0.4, -0.2) is 60.6 Å². The maximum Gasteiger partial charge on any atom is 0.261 e. The van der Waals surface area contributed by atoms with Gasteiger partial charge in [0.15, 0.2) is 18.1 Å². The molecule has 1 amide bonds. The van der Waals surface area contributed by atoms with Crippen molar-refractivity contribution >= 4 is 5.91 Å². The number of ether oxygens (including phenoxy) is 2. The van der Waals surface area contributed by atoms with E-state index in [9.17, 15) is 4.79 Å². The fraction of sp³-hybridized carbons (Fsp3) is 0.536. The predicted molar refractivity (Wildman–Crippen MR) is 130 cm³/mol. The Morgan fingerprint density at radius 1 is 1.09 bits per heavy atom. The van der Waals surface area contributed by atoms with Crippen molar-refractivity contribution in [1.82, 2.24) is 9.80 Å². The Hall–Kier alpha value is -2.53. The van der Waals surface area contributed by atoms with Gasteiger partial charge in [-0.25, -0.2) is 0 Å². The van der Waals surface area contributed by atoms with Crippen molar-refractivity contribution < 1.29 is 14.3 Å². The molecule has 0 aromatic heterocycles. The number of benzene rings is 2. The lowest BCUT2D eigenvalue weighted by Gasteiger charge is -2.51. The molecular weight excluding hydrogens is 412 g/mol. The molecule has 5 atom stereocenters. The second kappa shape index (κ2) is 8.68. The maximum absolute atomic E-state index is 13.7. The van der Waals surface area contributed by atoms with Crippen molar-refractivity contribution in [2.24, 2.45) is 5.41 Å². The molecule has 2 saturated heterocycles. The summed E-state index contributed by atoms with van der Waals surface area (Å²) < 4.78 is 11.5. The molecule has 3 fully saturated rings. The number of carbonyl (C=O) groups is 1. The molecule has 2 aromatic rings. The SMILES string of the molecule is COc1cc(C)ccc1OCC(=O)N1[C@H]2CCC[C@H]3N(C)[C@H](Cc4ccccc4)[C@@H]1C[C@@]23C. The van der Waals surface area contributed by atoms with Crippen molar-refractivity contribution in [3.8, 4) is 11.5 Å². The molecule has 1 aliphatic carbocycles. The van der Waals surface area contributed by atoms with Crippen molar-refractivity contribution in [2.45, 2.75) is 70.1 Å². The van der Waals surface area contributed by atoms with Gasteiger partial charge in [-0.15, -0.1) is 0 Å². The molecule has 0 N–H and O–H groups in total. The molecule has 2 aromatic carbocycles. The molecule has 5 nitrogen and oxygen atoms in total. The minimum Gasteiger partial charge on any atom is -0.493 e. The van der Waals surface area contributed by atoms with E-state index in [4.69, 9.17) is 9.47 Å². The van der Waals surface area contributed by atoms with Gasteiger partial charge in [-0.1, -0.05) is 43.3 Å². The van der Waals surface area contributed by atoms with Gasteiger partial charge in [0.1, 0.15) is 0 Å². The lowest BCUT2D eigenvalue weighted by Crippen LogP contribution is -2.59. The number of nitrogens with zero attached hydrogens (tertiary/aromatic N) is 2. The van der Waals surface area contributed by atoms with Crippen molar-refractivity contribution in [3.63, 3.8) is 0 Å². The Kier molecular flexibility index (Phi) is 5.86. The summed E-state index contributed by atoms with van der Waals surface area (Å²) in [7, 11) is 3.92. The Balaban J connectivity index is 1.40. The van der Waals surface area contributed by atoms with Gasteiger partial charge in [0.25, 0.3) is 5.91 Å². The highest BCUT2D eigenvalue weighted by atomic mass is 16.5. The summed E-state index contributed by atoms with van der Waals surface area (Å²) in [5.41, 5.74) is 2.60. The predicted octanol–water partition coefficient (Wildman–Crippen LogP) is 4.47. The molecule has 0 spiro atoms. The number of hydrogen-bond donors (Lipinski definition) is 0. The lowest BCUT2D eigenvalue weighted by atomic mass is 9.64. The number of rotatable bonds is 6. The van der Waals surface area contributed by atoms with E-state index in [1.165, 1.54) is 18.4 Å². The average Bonchev–Trinajstić information content (AvgIpc) is 3.13. The highest BCUT2D eigenvalue weighted by Gasteiger charge is 2.62. The first-order valence-electron chi connectivity index (χ1n) is 12.3. The number of hydrogen-bond acceptors (Lipinski definition) is 4. The van der Waals surface area contributed by atoms with Gasteiger partial charge in [-0.3, -0.25) is 9.69 Å². The summed E-state index contributed by atoms with van der Waals surface area (Å²) in [6.07, 6.45) is 5.55. The Morgan fingerprint density at radius 3 is 2.61 bits per heavy atom. The van der Waals surface area contributed by atoms with Crippen molar-refractivity contribution in [2.75, 3.05) is 20.8 Å². The van der Waals surface area contributed by atoms with Gasteiger partial charge in [0, 0.05) is 29.6 Å².